The molecule has 0 atom stereocenters. The van der Waals surface area contributed by atoms with Crippen LogP contribution in [0.25, 0.3) is 0 Å². The first kappa shape index (κ1) is 14.5. The van der Waals surface area contributed by atoms with Crippen molar-refractivity contribution in [3.05, 3.63) is 53.6 Å². The van der Waals surface area contributed by atoms with Gasteiger partial charge in [0, 0.05) is 30.2 Å². The molecule has 2 rings (SSSR count). The van der Waals surface area contributed by atoms with Gasteiger partial charge in [-0.2, -0.15) is 0 Å². The molecule has 1 N–H and O–H groups in total. The van der Waals surface area contributed by atoms with Crippen molar-refractivity contribution in [2.45, 2.75) is 46.1 Å². The lowest BCUT2D eigenvalue weighted by Crippen LogP contribution is -2.05. The molecular formula is C17H23N3. The zero-order valence-electron chi connectivity index (χ0n) is 12.7. The molecule has 2 aromatic rings. The topological polar surface area (TPSA) is 37.8 Å². The zero-order chi connectivity index (χ0) is 14.5. The van der Waals surface area contributed by atoms with Gasteiger partial charge in [-0.25, -0.2) is 9.97 Å². The fourth-order valence-electron chi connectivity index (χ4n) is 2.20. The zero-order valence-corrected chi connectivity index (χ0v) is 12.7. The summed E-state index contributed by atoms with van der Waals surface area (Å²) in [6.45, 7) is 9.68. The molecule has 0 amide bonds. The van der Waals surface area contributed by atoms with Gasteiger partial charge in [0.1, 0.15) is 6.33 Å². The van der Waals surface area contributed by atoms with Crippen LogP contribution in [0.15, 0.2) is 36.9 Å². The number of benzene rings is 1. The van der Waals surface area contributed by atoms with Crippen LogP contribution in [0.1, 0.15) is 56.2 Å². The second kappa shape index (κ2) is 6.51. The average molecular weight is 269 g/mol. The van der Waals surface area contributed by atoms with Gasteiger partial charge in [0.25, 0.3) is 0 Å². The first-order valence-electron chi connectivity index (χ1n) is 7.19. The van der Waals surface area contributed by atoms with Gasteiger partial charge < -0.3 is 5.32 Å². The summed E-state index contributed by atoms with van der Waals surface area (Å²) in [6, 6.07) is 6.72. The Bertz CT molecular complexity index is 547. The average Bonchev–Trinajstić information content (AvgIpc) is 2.45. The molecule has 20 heavy (non-hydrogen) atoms. The SMILES string of the molecule is CC(C)c1ccc(NCc2cncnc2)c(C(C)C)c1. The van der Waals surface area contributed by atoms with Crippen molar-refractivity contribution in [2.75, 3.05) is 5.32 Å². The van der Waals surface area contributed by atoms with Gasteiger partial charge in [-0.1, -0.05) is 39.8 Å². The standard InChI is InChI=1S/C17H23N3/c1-12(2)15-5-6-17(16(7-15)13(3)4)20-10-14-8-18-11-19-9-14/h5-9,11-13,20H,10H2,1-4H3. The maximum atomic E-state index is 4.04. The number of anilines is 1. The molecule has 0 aliphatic rings. The molecule has 0 saturated heterocycles. The van der Waals surface area contributed by atoms with Crippen LogP contribution in [0.2, 0.25) is 0 Å². The van der Waals surface area contributed by atoms with E-state index >= 15 is 0 Å². The van der Waals surface area contributed by atoms with Gasteiger partial charge >= 0.3 is 0 Å². The molecule has 106 valence electrons. The van der Waals surface area contributed by atoms with Gasteiger partial charge in [0.15, 0.2) is 0 Å². The van der Waals surface area contributed by atoms with Gasteiger partial charge in [-0.3, -0.25) is 0 Å². The summed E-state index contributed by atoms with van der Waals surface area (Å²) in [5.74, 6) is 1.06. The maximum absolute atomic E-state index is 4.04. The Hall–Kier alpha value is -1.90. The number of hydrogen-bond acceptors (Lipinski definition) is 3. The second-order valence-electron chi connectivity index (χ2n) is 5.76. The third-order valence-corrected chi connectivity index (χ3v) is 3.46. The Labute approximate surface area is 121 Å². The normalized spacial score (nSPS) is 11.1. The van der Waals surface area contributed by atoms with E-state index in [2.05, 4.69) is 61.2 Å². The highest BCUT2D eigenvalue weighted by Crippen LogP contribution is 2.28. The molecule has 0 radical (unpaired) electrons. The molecule has 0 fully saturated rings. The lowest BCUT2D eigenvalue weighted by molar-refractivity contribution is 0.833. The third-order valence-electron chi connectivity index (χ3n) is 3.46. The van der Waals surface area contributed by atoms with Gasteiger partial charge in [0.2, 0.25) is 0 Å². The molecule has 3 heteroatoms. The number of nitrogens with one attached hydrogen (secondary N) is 1. The van der Waals surface area contributed by atoms with Crippen molar-refractivity contribution in [3.63, 3.8) is 0 Å². The quantitative estimate of drug-likeness (QED) is 0.877. The van der Waals surface area contributed by atoms with Crippen molar-refractivity contribution in [1.82, 2.24) is 9.97 Å². The first-order valence-corrected chi connectivity index (χ1v) is 7.19. The number of aromatic nitrogens is 2. The Kier molecular flexibility index (Phi) is 4.72. The van der Waals surface area contributed by atoms with Crippen molar-refractivity contribution >= 4 is 5.69 Å². The lowest BCUT2D eigenvalue weighted by Gasteiger charge is -2.17. The van der Waals surface area contributed by atoms with Crippen LogP contribution in [0.5, 0.6) is 0 Å². The smallest absolute Gasteiger partial charge is 0.115 e. The van der Waals surface area contributed by atoms with Crippen LogP contribution in [0, 0.1) is 0 Å². The van der Waals surface area contributed by atoms with Crippen molar-refractivity contribution in [2.24, 2.45) is 0 Å². The predicted molar refractivity (Wildman–Crippen MR) is 84.0 cm³/mol. The summed E-state index contributed by atoms with van der Waals surface area (Å²) < 4.78 is 0. The monoisotopic (exact) mass is 269 g/mol. The summed E-state index contributed by atoms with van der Waals surface area (Å²) in [6.07, 6.45) is 5.25. The summed E-state index contributed by atoms with van der Waals surface area (Å²) in [4.78, 5) is 8.08. The van der Waals surface area contributed by atoms with Gasteiger partial charge in [-0.05, 0) is 29.0 Å². The molecule has 1 heterocycles. The Morgan fingerprint density at radius 1 is 1.00 bits per heavy atom. The minimum Gasteiger partial charge on any atom is -0.381 e. The second-order valence-corrected chi connectivity index (χ2v) is 5.76. The Balaban J connectivity index is 2.18. The van der Waals surface area contributed by atoms with E-state index in [4.69, 9.17) is 0 Å². The van der Waals surface area contributed by atoms with E-state index in [0.717, 1.165) is 12.1 Å². The van der Waals surface area contributed by atoms with E-state index in [0.29, 0.717) is 11.8 Å². The highest BCUT2D eigenvalue weighted by Gasteiger charge is 2.09. The highest BCUT2D eigenvalue weighted by molar-refractivity contribution is 5.54. The molecule has 0 bridgehead atoms. The number of rotatable bonds is 5. The molecular weight excluding hydrogens is 246 g/mol. The molecule has 0 aliphatic carbocycles. The van der Waals surface area contributed by atoms with Crippen molar-refractivity contribution in [1.29, 1.82) is 0 Å². The highest BCUT2D eigenvalue weighted by atomic mass is 14.9. The minimum atomic E-state index is 0.503. The molecule has 0 unspecified atom stereocenters. The first-order chi connectivity index (χ1) is 9.58. The van der Waals surface area contributed by atoms with E-state index in [1.165, 1.54) is 16.8 Å². The van der Waals surface area contributed by atoms with E-state index < -0.39 is 0 Å². The number of nitrogens with zero attached hydrogens (tertiary/aromatic N) is 2. The molecule has 0 aliphatic heterocycles. The summed E-state index contributed by atoms with van der Waals surface area (Å²) in [7, 11) is 0. The van der Waals surface area contributed by atoms with Crippen LogP contribution >= 0.6 is 0 Å². The molecule has 0 saturated carbocycles. The van der Waals surface area contributed by atoms with Crippen LogP contribution in [0.3, 0.4) is 0 Å². The van der Waals surface area contributed by atoms with Gasteiger partial charge in [0.05, 0.1) is 0 Å². The van der Waals surface area contributed by atoms with Gasteiger partial charge in [-0.15, -0.1) is 0 Å². The minimum absolute atomic E-state index is 0.503. The third kappa shape index (κ3) is 3.56. The van der Waals surface area contributed by atoms with E-state index in [-0.39, 0.29) is 0 Å². The fraction of sp³-hybridized carbons (Fsp3) is 0.412. The van der Waals surface area contributed by atoms with Crippen LogP contribution in [-0.4, -0.2) is 9.97 Å². The fourth-order valence-corrected chi connectivity index (χ4v) is 2.20. The molecule has 1 aromatic heterocycles. The lowest BCUT2D eigenvalue weighted by atomic mass is 9.94. The molecule has 0 spiro atoms. The van der Waals surface area contributed by atoms with Crippen molar-refractivity contribution in [3.8, 4) is 0 Å². The maximum Gasteiger partial charge on any atom is 0.115 e. The summed E-state index contributed by atoms with van der Waals surface area (Å²) >= 11 is 0. The van der Waals surface area contributed by atoms with E-state index in [9.17, 15) is 0 Å². The molecule has 1 aromatic carbocycles. The van der Waals surface area contributed by atoms with E-state index in [1.54, 1.807) is 6.33 Å². The number of hydrogen-bond donors (Lipinski definition) is 1. The Morgan fingerprint density at radius 2 is 1.70 bits per heavy atom. The summed E-state index contributed by atoms with van der Waals surface area (Å²) in [5, 5.41) is 3.50. The summed E-state index contributed by atoms with van der Waals surface area (Å²) in [5.41, 5.74) is 5.05. The van der Waals surface area contributed by atoms with Crippen LogP contribution < -0.4 is 5.32 Å². The largest absolute Gasteiger partial charge is 0.381 e. The molecule has 3 nitrogen and oxygen atoms in total. The van der Waals surface area contributed by atoms with Crippen LogP contribution in [0.4, 0.5) is 5.69 Å². The predicted octanol–water partition coefficient (Wildman–Crippen LogP) is 4.34. The van der Waals surface area contributed by atoms with Crippen LogP contribution in [-0.2, 0) is 6.54 Å². The van der Waals surface area contributed by atoms with Crippen molar-refractivity contribution < 1.29 is 0 Å². The van der Waals surface area contributed by atoms with E-state index in [1.807, 2.05) is 12.4 Å². The Morgan fingerprint density at radius 3 is 2.30 bits per heavy atom.